The third kappa shape index (κ3) is 3.97. The molecule has 1 saturated carbocycles. The van der Waals surface area contributed by atoms with Crippen LogP contribution in [-0.4, -0.2) is 36.7 Å². The van der Waals surface area contributed by atoms with Gasteiger partial charge in [0.25, 0.3) is 0 Å². The summed E-state index contributed by atoms with van der Waals surface area (Å²) in [5, 5.41) is 13.6. The number of nitrogens with zero attached hydrogens (tertiary/aromatic N) is 5. The number of hydrogen-bond donors (Lipinski definition) is 1. The lowest BCUT2D eigenvalue weighted by Crippen LogP contribution is -2.31. The molecule has 1 aromatic carbocycles. The molecule has 1 fully saturated rings. The van der Waals surface area contributed by atoms with E-state index in [2.05, 4.69) is 20.5 Å². The molecule has 4 aromatic rings. The van der Waals surface area contributed by atoms with Gasteiger partial charge < -0.3 is 10.1 Å². The zero-order valence-corrected chi connectivity index (χ0v) is 17.6. The predicted octanol–water partition coefficient (Wildman–Crippen LogP) is 4.31. The fourth-order valence-corrected chi connectivity index (χ4v) is 4.22. The highest BCUT2D eigenvalue weighted by atomic mass is 19.1. The molecule has 0 unspecified atom stereocenters. The van der Waals surface area contributed by atoms with E-state index in [0.717, 1.165) is 53.8 Å². The van der Waals surface area contributed by atoms with E-state index in [1.807, 2.05) is 43.3 Å². The van der Waals surface area contributed by atoms with Gasteiger partial charge in [-0.1, -0.05) is 12.1 Å². The summed E-state index contributed by atoms with van der Waals surface area (Å²) in [6.07, 6.45) is 7.47. The number of aryl methyl sites for hydroxylation is 2. The summed E-state index contributed by atoms with van der Waals surface area (Å²) < 4.78 is 23.3. The van der Waals surface area contributed by atoms with Gasteiger partial charge in [0.1, 0.15) is 17.2 Å². The van der Waals surface area contributed by atoms with Gasteiger partial charge in [-0.25, -0.2) is 9.37 Å². The van der Waals surface area contributed by atoms with Gasteiger partial charge in [-0.3, -0.25) is 9.36 Å². The summed E-state index contributed by atoms with van der Waals surface area (Å²) >= 11 is 0. The van der Waals surface area contributed by atoms with Crippen LogP contribution in [0.2, 0.25) is 0 Å². The number of para-hydroxylation sites is 1. The molecular formula is C23H25FN6O. The molecule has 0 radical (unpaired) electrons. The summed E-state index contributed by atoms with van der Waals surface area (Å²) in [4.78, 5) is 4.63. The molecule has 1 N–H and O–H groups in total. The van der Waals surface area contributed by atoms with Crippen molar-refractivity contribution in [1.29, 1.82) is 0 Å². The molecule has 0 amide bonds. The highest BCUT2D eigenvalue weighted by Crippen LogP contribution is 2.30. The summed E-state index contributed by atoms with van der Waals surface area (Å²) in [5.74, 6) is 0.869. The second-order valence-corrected chi connectivity index (χ2v) is 8.10. The predicted molar refractivity (Wildman–Crippen MR) is 117 cm³/mol. The first-order valence-corrected chi connectivity index (χ1v) is 10.6. The average molecular weight is 420 g/mol. The van der Waals surface area contributed by atoms with Crippen LogP contribution < -0.4 is 10.1 Å². The van der Waals surface area contributed by atoms with Crippen molar-refractivity contribution >= 4 is 16.7 Å². The quantitative estimate of drug-likeness (QED) is 0.521. The third-order valence-electron chi connectivity index (χ3n) is 5.85. The Labute approximate surface area is 179 Å². The molecule has 3 aromatic heterocycles. The van der Waals surface area contributed by atoms with Crippen LogP contribution in [0.3, 0.4) is 0 Å². The maximum absolute atomic E-state index is 13.8. The number of hydrogen-bond acceptors (Lipinski definition) is 5. The first-order chi connectivity index (χ1) is 15.1. The number of halogens is 1. The molecule has 5 rings (SSSR count). The Morgan fingerprint density at radius 3 is 2.61 bits per heavy atom. The van der Waals surface area contributed by atoms with E-state index in [9.17, 15) is 4.39 Å². The van der Waals surface area contributed by atoms with Crippen molar-refractivity contribution in [3.05, 3.63) is 54.6 Å². The van der Waals surface area contributed by atoms with Crippen molar-refractivity contribution in [1.82, 2.24) is 24.5 Å². The Bertz CT molecular complexity index is 1210. The largest absolute Gasteiger partial charge is 0.487 e. The summed E-state index contributed by atoms with van der Waals surface area (Å²) in [6.45, 7) is 0. The van der Waals surface area contributed by atoms with E-state index in [1.54, 1.807) is 22.9 Å². The normalized spacial score (nSPS) is 18.9. The lowest BCUT2D eigenvalue weighted by molar-refractivity contribution is 0.144. The Kier molecular flexibility index (Phi) is 5.05. The number of anilines is 1. The Morgan fingerprint density at radius 2 is 1.87 bits per heavy atom. The van der Waals surface area contributed by atoms with Gasteiger partial charge in [-0.05, 0) is 43.9 Å². The number of ether oxygens (including phenoxy) is 1. The number of pyridine rings is 1. The van der Waals surface area contributed by atoms with Crippen molar-refractivity contribution < 1.29 is 9.13 Å². The van der Waals surface area contributed by atoms with Crippen LogP contribution in [0, 0.1) is 5.82 Å². The Balaban J connectivity index is 1.25. The topological polar surface area (TPSA) is 69.8 Å². The zero-order chi connectivity index (χ0) is 21.4. The maximum atomic E-state index is 13.8. The van der Waals surface area contributed by atoms with Gasteiger partial charge in [0, 0.05) is 44.0 Å². The second-order valence-electron chi connectivity index (χ2n) is 8.10. The second kappa shape index (κ2) is 8.02. The first-order valence-electron chi connectivity index (χ1n) is 10.6. The van der Waals surface area contributed by atoms with Crippen LogP contribution in [0.1, 0.15) is 25.7 Å². The number of aromatic nitrogens is 5. The molecule has 0 aliphatic heterocycles. The van der Waals surface area contributed by atoms with E-state index in [4.69, 9.17) is 4.74 Å². The van der Waals surface area contributed by atoms with Gasteiger partial charge in [-0.2, -0.15) is 10.2 Å². The minimum absolute atomic E-state index is 0.0448. The highest BCUT2D eigenvalue weighted by Gasteiger charge is 2.24. The molecular weight excluding hydrogens is 395 g/mol. The van der Waals surface area contributed by atoms with Gasteiger partial charge >= 0.3 is 0 Å². The first kappa shape index (κ1) is 19.5. The molecule has 0 bridgehead atoms. The minimum atomic E-state index is -0.304. The Hall–Kier alpha value is -3.42. The van der Waals surface area contributed by atoms with Crippen LogP contribution in [0.4, 0.5) is 10.2 Å². The fourth-order valence-electron chi connectivity index (χ4n) is 4.22. The minimum Gasteiger partial charge on any atom is -0.487 e. The molecule has 3 heterocycles. The molecule has 1 aliphatic carbocycles. The fraction of sp³-hybridized carbons (Fsp3) is 0.348. The number of benzene rings is 1. The molecule has 1 aliphatic rings. The lowest BCUT2D eigenvalue weighted by Gasteiger charge is -2.30. The van der Waals surface area contributed by atoms with Crippen LogP contribution in [0.25, 0.3) is 22.3 Å². The van der Waals surface area contributed by atoms with E-state index < -0.39 is 0 Å². The summed E-state index contributed by atoms with van der Waals surface area (Å²) in [7, 11) is 3.83. The average Bonchev–Trinajstić information content (AvgIpc) is 3.34. The van der Waals surface area contributed by atoms with Crippen molar-refractivity contribution in [3.8, 4) is 17.1 Å². The van der Waals surface area contributed by atoms with E-state index in [-0.39, 0.29) is 11.9 Å². The summed E-state index contributed by atoms with van der Waals surface area (Å²) in [5.41, 5.74) is 2.68. The molecule has 0 saturated heterocycles. The van der Waals surface area contributed by atoms with Crippen molar-refractivity contribution in [2.45, 2.75) is 37.8 Å². The van der Waals surface area contributed by atoms with Crippen LogP contribution in [-0.2, 0) is 14.1 Å². The lowest BCUT2D eigenvalue weighted by atomic mass is 9.93. The third-order valence-corrected chi connectivity index (χ3v) is 5.85. The molecule has 7 nitrogen and oxygen atoms in total. The van der Waals surface area contributed by atoms with Gasteiger partial charge in [0.2, 0.25) is 0 Å². The smallest absolute Gasteiger partial charge is 0.165 e. The number of rotatable bonds is 5. The summed E-state index contributed by atoms with van der Waals surface area (Å²) in [6, 6.07) is 10.9. The molecule has 8 heteroatoms. The number of nitrogens with one attached hydrogen (secondary N) is 1. The highest BCUT2D eigenvalue weighted by molar-refractivity contribution is 5.92. The maximum Gasteiger partial charge on any atom is 0.165 e. The van der Waals surface area contributed by atoms with Crippen LogP contribution in [0.5, 0.6) is 5.75 Å². The standard InChI is InChI=1S/C23H25FN6O/c1-29-12-11-19(27-29)23-17-14-25-22(13-20(17)30(2)28-23)26-15-7-9-16(10-8-15)31-21-6-4-3-5-18(21)24/h3-6,11-16H,7-10H2,1-2H3,(H,25,26). The molecule has 0 spiro atoms. The molecule has 31 heavy (non-hydrogen) atoms. The Morgan fingerprint density at radius 1 is 1.06 bits per heavy atom. The van der Waals surface area contributed by atoms with E-state index in [1.165, 1.54) is 6.07 Å². The van der Waals surface area contributed by atoms with Crippen LogP contribution in [0.15, 0.2) is 48.8 Å². The van der Waals surface area contributed by atoms with Crippen molar-refractivity contribution in [2.75, 3.05) is 5.32 Å². The SMILES string of the molecule is Cn1ccc(-c2nn(C)c3cc(NC4CCC(Oc5ccccc5F)CC4)ncc23)n1. The van der Waals surface area contributed by atoms with E-state index >= 15 is 0 Å². The van der Waals surface area contributed by atoms with E-state index in [0.29, 0.717) is 11.8 Å². The monoisotopic (exact) mass is 420 g/mol. The van der Waals surface area contributed by atoms with Crippen molar-refractivity contribution in [3.63, 3.8) is 0 Å². The molecule has 160 valence electrons. The zero-order valence-electron chi connectivity index (χ0n) is 17.6. The van der Waals surface area contributed by atoms with Gasteiger partial charge in [0.05, 0.1) is 11.6 Å². The van der Waals surface area contributed by atoms with Gasteiger partial charge in [0.15, 0.2) is 11.6 Å². The molecule has 0 atom stereocenters. The number of fused-ring (bicyclic) bond motifs is 1. The van der Waals surface area contributed by atoms with Crippen LogP contribution >= 0.6 is 0 Å². The van der Waals surface area contributed by atoms with Gasteiger partial charge in [-0.15, -0.1) is 0 Å². The van der Waals surface area contributed by atoms with Crippen molar-refractivity contribution in [2.24, 2.45) is 14.1 Å².